The van der Waals surface area contributed by atoms with Crippen molar-refractivity contribution in [2.75, 3.05) is 37.6 Å². The van der Waals surface area contributed by atoms with E-state index in [1.165, 1.54) is 12.1 Å². The summed E-state index contributed by atoms with van der Waals surface area (Å²) in [5.74, 6) is 0.736. The van der Waals surface area contributed by atoms with Gasteiger partial charge in [-0.1, -0.05) is 18.2 Å². The zero-order chi connectivity index (χ0) is 18.0. The molecule has 1 aliphatic carbocycles. The fraction of sp³-hybridized carbons (Fsp3) is 0.400. The van der Waals surface area contributed by atoms with Crippen molar-refractivity contribution in [3.63, 3.8) is 0 Å². The van der Waals surface area contributed by atoms with Crippen LogP contribution in [-0.4, -0.2) is 48.6 Å². The lowest BCUT2D eigenvalue weighted by atomic mass is 9.96. The molecule has 0 radical (unpaired) electrons. The van der Waals surface area contributed by atoms with Gasteiger partial charge in [-0.2, -0.15) is 0 Å². The highest BCUT2D eigenvalue weighted by Gasteiger charge is 2.44. The highest BCUT2D eigenvalue weighted by atomic mass is 19.1. The van der Waals surface area contributed by atoms with Gasteiger partial charge in [-0.3, -0.25) is 0 Å². The first kappa shape index (κ1) is 16.8. The maximum atomic E-state index is 13.1. The molecule has 0 bridgehead atoms. The predicted molar refractivity (Wildman–Crippen MR) is 98.7 cm³/mol. The Morgan fingerprint density at radius 2 is 1.81 bits per heavy atom. The van der Waals surface area contributed by atoms with Gasteiger partial charge in [0.1, 0.15) is 11.6 Å². The lowest BCUT2D eigenvalue weighted by molar-refractivity contribution is 0.193. The minimum Gasteiger partial charge on any atom is -0.353 e. The summed E-state index contributed by atoms with van der Waals surface area (Å²) in [6, 6.07) is 12.5. The second-order valence-electron chi connectivity index (χ2n) is 7.11. The largest absolute Gasteiger partial charge is 0.353 e. The average molecular weight is 354 g/mol. The zero-order valence-corrected chi connectivity index (χ0v) is 14.7. The lowest BCUT2D eigenvalue weighted by Crippen LogP contribution is -2.52. The zero-order valence-electron chi connectivity index (χ0n) is 14.7. The summed E-state index contributed by atoms with van der Waals surface area (Å²) in [5, 5.41) is 3.08. The van der Waals surface area contributed by atoms with Crippen LogP contribution in [0.15, 0.2) is 48.7 Å². The molecule has 2 aromatic rings. The van der Waals surface area contributed by atoms with Gasteiger partial charge in [0.05, 0.1) is 0 Å². The number of hydrogen-bond donors (Lipinski definition) is 1. The minimum absolute atomic E-state index is 0.0147. The summed E-state index contributed by atoms with van der Waals surface area (Å²) in [5.41, 5.74) is 1.10. The smallest absolute Gasteiger partial charge is 0.317 e. The number of hydrogen-bond acceptors (Lipinski definition) is 3. The molecular weight excluding hydrogens is 331 g/mol. The van der Waals surface area contributed by atoms with E-state index in [0.717, 1.165) is 37.3 Å². The van der Waals surface area contributed by atoms with Gasteiger partial charge in [-0.25, -0.2) is 14.2 Å². The SMILES string of the molecule is O=C(NCC1(c2ccc(F)cc2)CC1)N1CCN(c2ccccn2)CC1. The number of rotatable bonds is 4. The Kier molecular flexibility index (Phi) is 4.49. The number of anilines is 1. The highest BCUT2D eigenvalue weighted by molar-refractivity contribution is 5.74. The van der Waals surface area contributed by atoms with E-state index in [2.05, 4.69) is 15.2 Å². The number of amides is 2. The predicted octanol–water partition coefficient (Wildman–Crippen LogP) is 2.78. The maximum absolute atomic E-state index is 13.1. The number of piperazine rings is 1. The van der Waals surface area contributed by atoms with Crippen LogP contribution in [0.25, 0.3) is 0 Å². The summed E-state index contributed by atoms with van der Waals surface area (Å²) in [4.78, 5) is 21.0. The number of nitrogens with one attached hydrogen (secondary N) is 1. The summed E-state index contributed by atoms with van der Waals surface area (Å²) in [7, 11) is 0. The molecule has 2 amide bonds. The van der Waals surface area contributed by atoms with Gasteiger partial charge < -0.3 is 15.1 Å². The number of nitrogens with zero attached hydrogens (tertiary/aromatic N) is 3. The number of pyridine rings is 1. The molecule has 5 nitrogen and oxygen atoms in total. The molecule has 0 atom stereocenters. The van der Waals surface area contributed by atoms with E-state index < -0.39 is 0 Å². The molecule has 2 fully saturated rings. The van der Waals surface area contributed by atoms with Crippen LogP contribution in [0.4, 0.5) is 15.0 Å². The van der Waals surface area contributed by atoms with Crippen molar-refractivity contribution in [3.8, 4) is 0 Å². The van der Waals surface area contributed by atoms with E-state index in [-0.39, 0.29) is 17.3 Å². The second-order valence-corrected chi connectivity index (χ2v) is 7.11. The molecule has 4 rings (SSSR count). The average Bonchev–Trinajstić information content (AvgIpc) is 3.49. The van der Waals surface area contributed by atoms with Crippen LogP contribution in [0.5, 0.6) is 0 Å². The number of carbonyl (C=O) groups excluding carboxylic acids is 1. The maximum Gasteiger partial charge on any atom is 0.317 e. The van der Waals surface area contributed by atoms with E-state index in [9.17, 15) is 9.18 Å². The van der Waals surface area contributed by atoms with E-state index in [0.29, 0.717) is 19.6 Å². The fourth-order valence-electron chi connectivity index (χ4n) is 3.56. The molecule has 2 aliphatic rings. The molecule has 2 heterocycles. The van der Waals surface area contributed by atoms with E-state index in [4.69, 9.17) is 0 Å². The monoisotopic (exact) mass is 354 g/mol. The van der Waals surface area contributed by atoms with Crippen LogP contribution in [0.2, 0.25) is 0 Å². The van der Waals surface area contributed by atoms with E-state index >= 15 is 0 Å². The molecule has 26 heavy (non-hydrogen) atoms. The van der Waals surface area contributed by atoms with Crippen LogP contribution in [0.3, 0.4) is 0 Å². The molecule has 0 unspecified atom stereocenters. The molecular formula is C20H23FN4O. The van der Waals surface area contributed by atoms with Gasteiger partial charge in [0, 0.05) is 44.3 Å². The summed E-state index contributed by atoms with van der Waals surface area (Å²) in [6.07, 6.45) is 3.86. The van der Waals surface area contributed by atoms with Gasteiger partial charge in [0.25, 0.3) is 0 Å². The van der Waals surface area contributed by atoms with Crippen molar-refractivity contribution in [1.29, 1.82) is 0 Å². The van der Waals surface area contributed by atoms with Crippen LogP contribution in [-0.2, 0) is 5.41 Å². The normalized spacial score (nSPS) is 18.5. The van der Waals surface area contributed by atoms with Gasteiger partial charge in [-0.05, 0) is 42.7 Å². The highest BCUT2D eigenvalue weighted by Crippen LogP contribution is 2.47. The Balaban J connectivity index is 1.29. The first-order valence-corrected chi connectivity index (χ1v) is 9.11. The molecule has 1 aliphatic heterocycles. The number of halogens is 1. The molecule has 1 saturated carbocycles. The standard InChI is InChI=1S/C20H23FN4O/c21-17-6-4-16(5-7-17)20(8-9-20)15-23-19(26)25-13-11-24(12-14-25)18-3-1-2-10-22-18/h1-7,10H,8-9,11-15H2,(H,23,26). The van der Waals surface area contributed by atoms with Crippen molar-refractivity contribution >= 4 is 11.8 Å². The Morgan fingerprint density at radius 1 is 1.08 bits per heavy atom. The Morgan fingerprint density at radius 3 is 2.42 bits per heavy atom. The molecule has 0 spiro atoms. The van der Waals surface area contributed by atoms with Crippen LogP contribution >= 0.6 is 0 Å². The van der Waals surface area contributed by atoms with Crippen molar-refractivity contribution < 1.29 is 9.18 Å². The molecule has 1 aromatic heterocycles. The summed E-state index contributed by atoms with van der Waals surface area (Å²) >= 11 is 0. The van der Waals surface area contributed by atoms with Crippen LogP contribution in [0, 0.1) is 5.82 Å². The van der Waals surface area contributed by atoms with Crippen molar-refractivity contribution in [2.24, 2.45) is 0 Å². The topological polar surface area (TPSA) is 48.5 Å². The summed E-state index contributed by atoms with van der Waals surface area (Å²) < 4.78 is 13.1. The van der Waals surface area contributed by atoms with Crippen molar-refractivity contribution in [2.45, 2.75) is 18.3 Å². The molecule has 1 saturated heterocycles. The Labute approximate surface area is 152 Å². The molecule has 6 heteroatoms. The van der Waals surface area contributed by atoms with Crippen LogP contribution in [0.1, 0.15) is 18.4 Å². The number of benzene rings is 1. The first-order chi connectivity index (χ1) is 12.7. The van der Waals surface area contributed by atoms with E-state index in [1.54, 1.807) is 6.20 Å². The van der Waals surface area contributed by atoms with Crippen molar-refractivity contribution in [3.05, 3.63) is 60.0 Å². The first-order valence-electron chi connectivity index (χ1n) is 9.11. The van der Waals surface area contributed by atoms with Crippen LogP contribution < -0.4 is 10.2 Å². The number of urea groups is 1. The van der Waals surface area contributed by atoms with Gasteiger partial charge >= 0.3 is 6.03 Å². The minimum atomic E-state index is -0.223. The third kappa shape index (κ3) is 3.49. The molecule has 1 N–H and O–H groups in total. The Hall–Kier alpha value is -2.63. The molecule has 136 valence electrons. The van der Waals surface area contributed by atoms with E-state index in [1.807, 2.05) is 35.2 Å². The van der Waals surface area contributed by atoms with Crippen molar-refractivity contribution in [1.82, 2.24) is 15.2 Å². The number of carbonyl (C=O) groups is 1. The fourth-order valence-corrected chi connectivity index (χ4v) is 3.56. The van der Waals surface area contributed by atoms with Gasteiger partial charge in [0.15, 0.2) is 0 Å². The van der Waals surface area contributed by atoms with Gasteiger partial charge in [-0.15, -0.1) is 0 Å². The third-order valence-corrected chi connectivity index (χ3v) is 5.43. The van der Waals surface area contributed by atoms with Gasteiger partial charge in [0.2, 0.25) is 0 Å². The lowest BCUT2D eigenvalue weighted by Gasteiger charge is -2.35. The molecule has 1 aromatic carbocycles. The third-order valence-electron chi connectivity index (χ3n) is 5.43. The Bertz CT molecular complexity index is 753. The quantitative estimate of drug-likeness (QED) is 0.918. The summed E-state index contributed by atoms with van der Waals surface area (Å²) in [6.45, 7) is 3.55. The second kappa shape index (κ2) is 6.94. The number of aromatic nitrogens is 1.